The lowest BCUT2D eigenvalue weighted by Gasteiger charge is -2.33. The molecule has 0 saturated carbocycles. The third-order valence-electron chi connectivity index (χ3n) is 4.25. The molecule has 1 fully saturated rings. The first kappa shape index (κ1) is 15.0. The lowest BCUT2D eigenvalue weighted by atomic mass is 10.0. The predicted octanol–water partition coefficient (Wildman–Crippen LogP) is 2.37. The molecule has 1 aliphatic rings. The Kier molecular flexibility index (Phi) is 5.03. The number of aromatic nitrogens is 1. The highest BCUT2D eigenvalue weighted by atomic mass is 16.3. The van der Waals surface area contributed by atoms with Crippen LogP contribution < -0.4 is 10.2 Å². The molecular weight excluding hydrogens is 274 g/mol. The molecule has 1 aliphatic heterocycles. The van der Waals surface area contributed by atoms with E-state index in [9.17, 15) is 5.11 Å². The molecule has 2 heterocycles. The van der Waals surface area contributed by atoms with E-state index in [1.807, 2.05) is 48.7 Å². The summed E-state index contributed by atoms with van der Waals surface area (Å²) in [5.74, 6) is 1.06. The van der Waals surface area contributed by atoms with Crippen molar-refractivity contribution in [2.24, 2.45) is 0 Å². The highest BCUT2D eigenvalue weighted by Gasteiger charge is 2.20. The van der Waals surface area contributed by atoms with Crippen LogP contribution in [0, 0.1) is 0 Å². The maximum absolute atomic E-state index is 10.2. The van der Waals surface area contributed by atoms with Gasteiger partial charge in [-0.1, -0.05) is 36.4 Å². The third-order valence-corrected chi connectivity index (χ3v) is 4.25. The molecular formula is C18H23N3O. The number of hydrogen-bond donors (Lipinski definition) is 2. The molecule has 116 valence electrons. The normalized spacial score (nSPS) is 17.4. The number of benzene rings is 1. The molecule has 22 heavy (non-hydrogen) atoms. The quantitative estimate of drug-likeness (QED) is 0.889. The molecule has 1 aromatic heterocycles. The van der Waals surface area contributed by atoms with E-state index in [0.29, 0.717) is 12.6 Å². The molecule has 1 aromatic carbocycles. The van der Waals surface area contributed by atoms with Crippen molar-refractivity contribution >= 4 is 5.82 Å². The van der Waals surface area contributed by atoms with E-state index in [2.05, 4.69) is 21.3 Å². The molecule has 0 radical (unpaired) electrons. The van der Waals surface area contributed by atoms with Crippen molar-refractivity contribution in [3.63, 3.8) is 0 Å². The monoisotopic (exact) mass is 297 g/mol. The van der Waals surface area contributed by atoms with Gasteiger partial charge in [-0.25, -0.2) is 4.98 Å². The molecule has 2 aromatic rings. The van der Waals surface area contributed by atoms with Crippen LogP contribution in [0.3, 0.4) is 0 Å². The Balaban J connectivity index is 1.44. The summed E-state index contributed by atoms with van der Waals surface area (Å²) in [7, 11) is 0. The van der Waals surface area contributed by atoms with Crippen LogP contribution in [0.5, 0.6) is 0 Å². The van der Waals surface area contributed by atoms with Gasteiger partial charge in [0.25, 0.3) is 0 Å². The Bertz CT molecular complexity index is 553. The fraction of sp³-hybridized carbons (Fsp3) is 0.389. The van der Waals surface area contributed by atoms with Crippen LogP contribution in [0.25, 0.3) is 0 Å². The van der Waals surface area contributed by atoms with Gasteiger partial charge >= 0.3 is 0 Å². The lowest BCUT2D eigenvalue weighted by Crippen LogP contribution is -2.43. The molecule has 4 nitrogen and oxygen atoms in total. The van der Waals surface area contributed by atoms with Crippen LogP contribution in [0.1, 0.15) is 24.5 Å². The van der Waals surface area contributed by atoms with Gasteiger partial charge in [-0.3, -0.25) is 0 Å². The second kappa shape index (κ2) is 7.38. The minimum Gasteiger partial charge on any atom is -0.387 e. The third kappa shape index (κ3) is 3.84. The lowest BCUT2D eigenvalue weighted by molar-refractivity contribution is 0.167. The SMILES string of the molecule is O[C@@H](CNC1CCN(c2ccccn2)CC1)c1ccccc1. The van der Waals surface area contributed by atoms with E-state index in [4.69, 9.17) is 0 Å². The van der Waals surface area contributed by atoms with E-state index < -0.39 is 6.10 Å². The molecule has 0 spiro atoms. The van der Waals surface area contributed by atoms with Gasteiger partial charge in [-0.05, 0) is 30.5 Å². The molecule has 4 heteroatoms. The average Bonchev–Trinajstić information content (AvgIpc) is 2.61. The van der Waals surface area contributed by atoms with Crippen molar-refractivity contribution in [1.29, 1.82) is 0 Å². The molecule has 1 atom stereocenters. The van der Waals surface area contributed by atoms with Crippen LogP contribution in [-0.4, -0.2) is 35.8 Å². The number of aliphatic hydroxyl groups excluding tert-OH is 1. The van der Waals surface area contributed by atoms with E-state index in [0.717, 1.165) is 37.3 Å². The number of rotatable bonds is 5. The summed E-state index contributed by atoms with van der Waals surface area (Å²) < 4.78 is 0. The fourth-order valence-electron chi connectivity index (χ4n) is 2.92. The van der Waals surface area contributed by atoms with E-state index >= 15 is 0 Å². The van der Waals surface area contributed by atoms with E-state index in [1.54, 1.807) is 0 Å². The summed E-state index contributed by atoms with van der Waals surface area (Å²) in [6, 6.07) is 16.3. The van der Waals surface area contributed by atoms with Gasteiger partial charge in [0.05, 0.1) is 6.10 Å². The minimum absolute atomic E-state index is 0.435. The number of nitrogens with one attached hydrogen (secondary N) is 1. The molecule has 0 aliphatic carbocycles. The molecule has 2 N–H and O–H groups in total. The Morgan fingerprint density at radius 2 is 1.82 bits per heavy atom. The molecule has 0 unspecified atom stereocenters. The van der Waals surface area contributed by atoms with Crippen LogP contribution in [0.4, 0.5) is 5.82 Å². The zero-order valence-electron chi connectivity index (χ0n) is 12.7. The Morgan fingerprint density at radius 1 is 1.09 bits per heavy atom. The van der Waals surface area contributed by atoms with Crippen molar-refractivity contribution in [3.8, 4) is 0 Å². The number of nitrogens with zero attached hydrogens (tertiary/aromatic N) is 2. The number of hydrogen-bond acceptors (Lipinski definition) is 4. The van der Waals surface area contributed by atoms with Gasteiger partial charge < -0.3 is 15.3 Å². The van der Waals surface area contributed by atoms with Gasteiger partial charge in [0.1, 0.15) is 5.82 Å². The van der Waals surface area contributed by atoms with Crippen LogP contribution in [0.2, 0.25) is 0 Å². The number of anilines is 1. The first-order chi connectivity index (χ1) is 10.8. The summed E-state index contributed by atoms with van der Waals surface area (Å²) >= 11 is 0. The average molecular weight is 297 g/mol. The van der Waals surface area contributed by atoms with Crippen molar-refractivity contribution < 1.29 is 5.11 Å². The minimum atomic E-state index is -0.435. The van der Waals surface area contributed by atoms with Crippen molar-refractivity contribution in [2.75, 3.05) is 24.5 Å². The molecule has 3 rings (SSSR count). The van der Waals surface area contributed by atoms with Crippen LogP contribution >= 0.6 is 0 Å². The molecule has 1 saturated heterocycles. The second-order valence-electron chi connectivity index (χ2n) is 5.78. The van der Waals surface area contributed by atoms with Crippen LogP contribution in [0.15, 0.2) is 54.7 Å². The smallest absolute Gasteiger partial charge is 0.128 e. The first-order valence-corrected chi connectivity index (χ1v) is 7.95. The summed E-state index contributed by atoms with van der Waals surface area (Å²) in [6.07, 6.45) is 3.57. The van der Waals surface area contributed by atoms with Gasteiger partial charge in [0.15, 0.2) is 0 Å². The predicted molar refractivity (Wildman–Crippen MR) is 88.9 cm³/mol. The Morgan fingerprint density at radius 3 is 2.50 bits per heavy atom. The van der Waals surface area contributed by atoms with Gasteiger partial charge in [-0.15, -0.1) is 0 Å². The van der Waals surface area contributed by atoms with E-state index in [-0.39, 0.29) is 0 Å². The van der Waals surface area contributed by atoms with Crippen molar-refractivity contribution in [1.82, 2.24) is 10.3 Å². The molecule has 0 bridgehead atoms. The maximum Gasteiger partial charge on any atom is 0.128 e. The fourth-order valence-corrected chi connectivity index (χ4v) is 2.92. The summed E-state index contributed by atoms with van der Waals surface area (Å²) in [5.41, 5.74) is 0.973. The van der Waals surface area contributed by atoms with Gasteiger partial charge in [0.2, 0.25) is 0 Å². The largest absolute Gasteiger partial charge is 0.387 e. The number of aliphatic hydroxyl groups is 1. The van der Waals surface area contributed by atoms with Crippen molar-refractivity contribution in [2.45, 2.75) is 25.0 Å². The Hall–Kier alpha value is -1.91. The van der Waals surface area contributed by atoms with E-state index in [1.165, 1.54) is 0 Å². The second-order valence-corrected chi connectivity index (χ2v) is 5.78. The first-order valence-electron chi connectivity index (χ1n) is 7.95. The zero-order valence-corrected chi connectivity index (χ0v) is 12.7. The standard InChI is InChI=1S/C18H23N3O/c22-17(15-6-2-1-3-7-15)14-20-16-9-12-21(13-10-16)18-8-4-5-11-19-18/h1-8,11,16-17,20,22H,9-10,12-14H2/t17-/m0/s1. The number of piperidine rings is 1. The van der Waals surface area contributed by atoms with Crippen LogP contribution in [-0.2, 0) is 0 Å². The van der Waals surface area contributed by atoms with Gasteiger partial charge in [0, 0.05) is 31.9 Å². The zero-order chi connectivity index (χ0) is 15.2. The summed E-state index contributed by atoms with van der Waals surface area (Å²) in [5, 5.41) is 13.7. The highest BCUT2D eigenvalue weighted by molar-refractivity contribution is 5.38. The summed E-state index contributed by atoms with van der Waals surface area (Å²) in [4.78, 5) is 6.73. The Labute approximate surface area is 131 Å². The summed E-state index contributed by atoms with van der Waals surface area (Å²) in [6.45, 7) is 2.63. The van der Waals surface area contributed by atoms with Gasteiger partial charge in [-0.2, -0.15) is 0 Å². The maximum atomic E-state index is 10.2. The van der Waals surface area contributed by atoms with Crippen molar-refractivity contribution in [3.05, 3.63) is 60.3 Å². The number of pyridine rings is 1. The highest BCUT2D eigenvalue weighted by Crippen LogP contribution is 2.18. The molecule has 0 amide bonds. The topological polar surface area (TPSA) is 48.4 Å².